The second-order valence-corrected chi connectivity index (χ2v) is 5.68. The van der Waals surface area contributed by atoms with Gasteiger partial charge in [-0.1, -0.05) is 0 Å². The number of phenolic OH excluding ortho intramolecular Hbond substituents is 1. The zero-order valence-corrected chi connectivity index (χ0v) is 12.7. The fourth-order valence-electron chi connectivity index (χ4n) is 3.06. The van der Waals surface area contributed by atoms with Crippen LogP contribution in [0.15, 0.2) is 21.3 Å². The summed E-state index contributed by atoms with van der Waals surface area (Å²) in [6.45, 7) is -0.365. The molecule has 1 heterocycles. The van der Waals surface area contributed by atoms with E-state index in [0.717, 1.165) is 7.11 Å². The molecule has 0 saturated carbocycles. The van der Waals surface area contributed by atoms with E-state index in [-0.39, 0.29) is 35.3 Å². The van der Waals surface area contributed by atoms with E-state index >= 15 is 0 Å². The third-order valence-corrected chi connectivity index (χ3v) is 4.23. The van der Waals surface area contributed by atoms with Crippen LogP contribution in [0.5, 0.6) is 5.75 Å². The van der Waals surface area contributed by atoms with Crippen molar-refractivity contribution in [1.29, 1.82) is 0 Å². The predicted octanol–water partition coefficient (Wildman–Crippen LogP) is -0.475. The van der Waals surface area contributed by atoms with E-state index in [1.165, 1.54) is 12.1 Å². The molecule has 4 N–H and O–H groups in total. The second-order valence-electron chi connectivity index (χ2n) is 5.68. The summed E-state index contributed by atoms with van der Waals surface area (Å²) in [7, 11) is 1.10. The van der Waals surface area contributed by atoms with Gasteiger partial charge in [-0.3, -0.25) is 9.59 Å². The summed E-state index contributed by atoms with van der Waals surface area (Å²) in [6.07, 6.45) is -3.00. The van der Waals surface area contributed by atoms with Crippen LogP contribution < -0.4 is 5.43 Å². The first kappa shape index (κ1) is 16.4. The van der Waals surface area contributed by atoms with Crippen molar-refractivity contribution in [1.82, 2.24) is 0 Å². The van der Waals surface area contributed by atoms with E-state index in [9.17, 15) is 30.0 Å². The molecule has 2 aromatic rings. The minimum Gasteiger partial charge on any atom is -0.507 e. The quantitative estimate of drug-likeness (QED) is 0.540. The maximum atomic E-state index is 12.8. The van der Waals surface area contributed by atoms with Crippen molar-refractivity contribution in [2.24, 2.45) is 0 Å². The van der Waals surface area contributed by atoms with E-state index in [2.05, 4.69) is 4.74 Å². The molecule has 0 aliphatic heterocycles. The van der Waals surface area contributed by atoms with E-state index in [4.69, 9.17) is 4.42 Å². The van der Waals surface area contributed by atoms with E-state index in [1.807, 2.05) is 0 Å². The van der Waals surface area contributed by atoms with Crippen molar-refractivity contribution in [2.45, 2.75) is 31.2 Å². The number of esters is 1. The molecule has 0 unspecified atom stereocenters. The average molecular weight is 336 g/mol. The molecular weight excluding hydrogens is 320 g/mol. The molecule has 128 valence electrons. The first-order valence-corrected chi connectivity index (χ1v) is 7.25. The Kier molecular flexibility index (Phi) is 4.04. The smallest absolute Gasteiger partial charge is 0.316 e. The Hall–Kier alpha value is -2.42. The highest BCUT2D eigenvalue weighted by molar-refractivity contribution is 5.87. The number of methoxy groups -OCH3 is 1. The number of aliphatic hydroxyl groups excluding tert-OH is 3. The van der Waals surface area contributed by atoms with Crippen LogP contribution in [-0.4, -0.2) is 45.7 Å². The number of aliphatic hydroxyl groups is 3. The van der Waals surface area contributed by atoms with Gasteiger partial charge in [0.25, 0.3) is 0 Å². The normalized spacial score (nSPS) is 23.1. The fourth-order valence-corrected chi connectivity index (χ4v) is 3.06. The standard InChI is InChI=1S/C16H16O8/c1-23-16(22)13-12-10(4-8(19)14(13)20)24-9-3-6(5-17)2-7(18)11(9)15(12)21/h2-3,8,13-14,17-20H,4-5H2,1H3/t8-,13-,14+/m0/s1. The molecule has 0 bridgehead atoms. The summed E-state index contributed by atoms with van der Waals surface area (Å²) >= 11 is 0. The number of benzene rings is 1. The molecule has 1 aliphatic carbocycles. The summed E-state index contributed by atoms with van der Waals surface area (Å²) in [5.74, 6) is -2.67. The minimum absolute atomic E-state index is 0.0232. The highest BCUT2D eigenvalue weighted by Gasteiger charge is 2.43. The lowest BCUT2D eigenvalue weighted by Gasteiger charge is -2.30. The molecule has 3 atom stereocenters. The Bertz CT molecular complexity index is 868. The number of rotatable bonds is 2. The molecule has 0 fully saturated rings. The first-order chi connectivity index (χ1) is 11.4. The Morgan fingerprint density at radius 1 is 1.38 bits per heavy atom. The fraction of sp³-hybridized carbons (Fsp3) is 0.375. The van der Waals surface area contributed by atoms with Crippen LogP contribution in [0.2, 0.25) is 0 Å². The number of aromatic hydroxyl groups is 1. The monoisotopic (exact) mass is 336 g/mol. The molecule has 0 amide bonds. The molecule has 0 spiro atoms. The van der Waals surface area contributed by atoms with Gasteiger partial charge in [0.15, 0.2) is 0 Å². The lowest BCUT2D eigenvalue weighted by atomic mass is 9.81. The van der Waals surface area contributed by atoms with Gasteiger partial charge in [-0.25, -0.2) is 0 Å². The number of carbonyl (C=O) groups excluding carboxylic acids is 1. The molecule has 1 aromatic heterocycles. The summed E-state index contributed by atoms with van der Waals surface area (Å²) in [5, 5.41) is 39.1. The average Bonchev–Trinajstić information content (AvgIpc) is 2.55. The van der Waals surface area contributed by atoms with Crippen molar-refractivity contribution >= 4 is 16.9 Å². The molecule has 8 heteroatoms. The Morgan fingerprint density at radius 2 is 2.08 bits per heavy atom. The summed E-state index contributed by atoms with van der Waals surface area (Å²) in [4.78, 5) is 24.8. The van der Waals surface area contributed by atoms with Crippen molar-refractivity contribution in [3.8, 4) is 5.75 Å². The number of ether oxygens (including phenoxy) is 1. The molecule has 8 nitrogen and oxygen atoms in total. The van der Waals surface area contributed by atoms with Gasteiger partial charge < -0.3 is 29.6 Å². The van der Waals surface area contributed by atoms with Gasteiger partial charge in [0.2, 0.25) is 5.43 Å². The lowest BCUT2D eigenvalue weighted by Crippen LogP contribution is -2.44. The first-order valence-electron chi connectivity index (χ1n) is 7.25. The van der Waals surface area contributed by atoms with Gasteiger partial charge in [-0.05, 0) is 17.7 Å². The molecule has 0 saturated heterocycles. The van der Waals surface area contributed by atoms with E-state index < -0.39 is 35.3 Å². The number of hydrogen-bond donors (Lipinski definition) is 4. The van der Waals surface area contributed by atoms with E-state index in [1.54, 1.807) is 0 Å². The van der Waals surface area contributed by atoms with Crippen LogP contribution >= 0.6 is 0 Å². The van der Waals surface area contributed by atoms with Crippen molar-refractivity contribution in [2.75, 3.05) is 7.11 Å². The Labute approximate surface area is 135 Å². The zero-order chi connectivity index (χ0) is 17.6. The number of fused-ring (bicyclic) bond motifs is 2. The highest BCUT2D eigenvalue weighted by atomic mass is 16.5. The maximum Gasteiger partial charge on any atom is 0.316 e. The van der Waals surface area contributed by atoms with E-state index in [0.29, 0.717) is 5.56 Å². The van der Waals surface area contributed by atoms with Gasteiger partial charge in [0.1, 0.15) is 28.4 Å². The third kappa shape index (κ3) is 2.35. The third-order valence-electron chi connectivity index (χ3n) is 4.23. The van der Waals surface area contributed by atoms with Crippen LogP contribution in [0.1, 0.15) is 22.8 Å². The van der Waals surface area contributed by atoms with Crippen molar-refractivity contribution in [3.05, 3.63) is 39.2 Å². The van der Waals surface area contributed by atoms with Crippen LogP contribution in [0.4, 0.5) is 0 Å². The van der Waals surface area contributed by atoms with Crippen LogP contribution in [0.25, 0.3) is 11.0 Å². The molecule has 0 radical (unpaired) electrons. The Balaban J connectivity index is 2.35. The van der Waals surface area contributed by atoms with Gasteiger partial charge >= 0.3 is 5.97 Å². The summed E-state index contributed by atoms with van der Waals surface area (Å²) in [5.41, 5.74) is -0.465. The molecular formula is C16H16O8. The summed E-state index contributed by atoms with van der Waals surface area (Å²) in [6, 6.07) is 2.61. The van der Waals surface area contributed by atoms with Gasteiger partial charge in [-0.15, -0.1) is 0 Å². The molecule has 1 aromatic carbocycles. The number of carbonyl (C=O) groups is 1. The molecule has 1 aliphatic rings. The van der Waals surface area contributed by atoms with Crippen LogP contribution in [0.3, 0.4) is 0 Å². The zero-order valence-electron chi connectivity index (χ0n) is 12.7. The topological polar surface area (TPSA) is 137 Å². The van der Waals surface area contributed by atoms with Crippen molar-refractivity contribution < 1.29 is 34.4 Å². The number of phenols is 1. The Morgan fingerprint density at radius 3 is 2.71 bits per heavy atom. The number of hydrogen-bond acceptors (Lipinski definition) is 8. The van der Waals surface area contributed by atoms with Gasteiger partial charge in [-0.2, -0.15) is 0 Å². The minimum atomic E-state index is -1.52. The van der Waals surface area contributed by atoms with Crippen LogP contribution in [0, 0.1) is 0 Å². The highest BCUT2D eigenvalue weighted by Crippen LogP contribution is 2.35. The lowest BCUT2D eigenvalue weighted by molar-refractivity contribution is -0.148. The van der Waals surface area contributed by atoms with Gasteiger partial charge in [0.05, 0.1) is 31.5 Å². The molecule has 24 heavy (non-hydrogen) atoms. The molecule has 3 rings (SSSR count). The predicted molar refractivity (Wildman–Crippen MR) is 80.5 cm³/mol. The summed E-state index contributed by atoms with van der Waals surface area (Å²) < 4.78 is 10.2. The second kappa shape index (κ2) is 5.90. The van der Waals surface area contributed by atoms with Crippen LogP contribution in [-0.2, 0) is 22.6 Å². The largest absolute Gasteiger partial charge is 0.507 e. The van der Waals surface area contributed by atoms with Gasteiger partial charge in [0, 0.05) is 6.42 Å². The van der Waals surface area contributed by atoms with Crippen molar-refractivity contribution in [3.63, 3.8) is 0 Å². The maximum absolute atomic E-state index is 12.8. The SMILES string of the molecule is COC(=O)[C@H]1c2c(oc3cc(CO)cc(O)c3c2=O)C[C@H](O)[C@H]1O.